The van der Waals surface area contributed by atoms with Crippen LogP contribution in [0.2, 0.25) is 0 Å². The van der Waals surface area contributed by atoms with Gasteiger partial charge < -0.3 is 14.6 Å². The van der Waals surface area contributed by atoms with Gasteiger partial charge in [-0.15, -0.1) is 0 Å². The minimum absolute atomic E-state index is 0.000135. The van der Waals surface area contributed by atoms with Gasteiger partial charge in [-0.05, 0) is 13.8 Å². The number of nitrogens with zero attached hydrogens (tertiary/aromatic N) is 3. The van der Waals surface area contributed by atoms with Gasteiger partial charge in [-0.1, -0.05) is 0 Å². The summed E-state index contributed by atoms with van der Waals surface area (Å²) in [5.74, 6) is 0.894. The molecule has 1 aliphatic heterocycles. The fourth-order valence-electron chi connectivity index (χ4n) is 2.54. The fraction of sp³-hybridized carbons (Fsp3) is 0.400. The number of ether oxygens (including phenoxy) is 1. The van der Waals surface area contributed by atoms with Gasteiger partial charge in [0, 0.05) is 41.8 Å². The first-order chi connectivity index (χ1) is 10.1. The van der Waals surface area contributed by atoms with Crippen molar-refractivity contribution in [2.24, 2.45) is 0 Å². The van der Waals surface area contributed by atoms with Crippen molar-refractivity contribution in [3.8, 4) is 0 Å². The average molecular weight is 286 g/mol. The number of rotatable bonds is 2. The molecule has 6 nitrogen and oxygen atoms in total. The van der Waals surface area contributed by atoms with Gasteiger partial charge >= 0.3 is 0 Å². The summed E-state index contributed by atoms with van der Waals surface area (Å²) in [6.07, 6.45) is 1.42. The van der Waals surface area contributed by atoms with Crippen molar-refractivity contribution >= 4 is 5.82 Å². The highest BCUT2D eigenvalue weighted by molar-refractivity contribution is 5.39. The Morgan fingerprint density at radius 3 is 2.90 bits per heavy atom. The second-order valence-electron chi connectivity index (χ2n) is 5.28. The van der Waals surface area contributed by atoms with Gasteiger partial charge in [0.25, 0.3) is 0 Å². The van der Waals surface area contributed by atoms with Crippen LogP contribution in [0.4, 0.5) is 5.82 Å². The molecular formula is C15H18N4O2. The number of aromatic nitrogens is 3. The Morgan fingerprint density at radius 2 is 2.14 bits per heavy atom. The van der Waals surface area contributed by atoms with Crippen LogP contribution in [0, 0.1) is 13.8 Å². The lowest BCUT2D eigenvalue weighted by molar-refractivity contribution is 0.0366. The van der Waals surface area contributed by atoms with Crippen molar-refractivity contribution in [2.45, 2.75) is 20.0 Å². The zero-order valence-corrected chi connectivity index (χ0v) is 12.2. The van der Waals surface area contributed by atoms with Crippen LogP contribution in [0.15, 0.2) is 29.3 Å². The SMILES string of the molecule is Cc1cc(N2CCOC(c3cc(=O)cc(C)[nH]3)C2)ncn1. The van der Waals surface area contributed by atoms with Crippen LogP contribution in [0.25, 0.3) is 0 Å². The van der Waals surface area contributed by atoms with Crippen molar-refractivity contribution in [1.82, 2.24) is 15.0 Å². The van der Waals surface area contributed by atoms with Crippen molar-refractivity contribution in [2.75, 3.05) is 24.6 Å². The highest BCUT2D eigenvalue weighted by Gasteiger charge is 2.24. The maximum absolute atomic E-state index is 11.6. The lowest BCUT2D eigenvalue weighted by Gasteiger charge is -2.33. The molecule has 0 amide bonds. The van der Waals surface area contributed by atoms with E-state index in [4.69, 9.17) is 4.74 Å². The standard InChI is InChI=1S/C15H18N4O2/c1-10-6-15(17-9-16-10)19-3-4-21-14(8-19)13-7-12(20)5-11(2)18-13/h5-7,9,14H,3-4,8H2,1-2H3,(H,18,20). The molecule has 1 saturated heterocycles. The maximum atomic E-state index is 11.6. The lowest BCUT2D eigenvalue weighted by atomic mass is 10.1. The van der Waals surface area contributed by atoms with E-state index in [1.165, 1.54) is 0 Å². The molecule has 0 bridgehead atoms. The van der Waals surface area contributed by atoms with E-state index in [1.54, 1.807) is 18.5 Å². The number of H-pyrrole nitrogens is 1. The number of nitrogens with one attached hydrogen (secondary N) is 1. The molecule has 0 aliphatic carbocycles. The molecule has 0 spiro atoms. The van der Waals surface area contributed by atoms with E-state index in [0.29, 0.717) is 13.2 Å². The van der Waals surface area contributed by atoms with Crippen LogP contribution >= 0.6 is 0 Å². The molecule has 1 unspecified atom stereocenters. The van der Waals surface area contributed by atoms with Crippen molar-refractivity contribution < 1.29 is 4.74 Å². The third-order valence-corrected chi connectivity index (χ3v) is 3.52. The van der Waals surface area contributed by atoms with Gasteiger partial charge in [0.05, 0.1) is 13.2 Å². The molecule has 3 heterocycles. The summed E-state index contributed by atoms with van der Waals surface area (Å²) < 4.78 is 5.80. The molecule has 2 aromatic rings. The molecular weight excluding hydrogens is 268 g/mol. The van der Waals surface area contributed by atoms with Gasteiger partial charge in [0.2, 0.25) is 0 Å². The number of aryl methyl sites for hydroxylation is 2. The first-order valence-electron chi connectivity index (χ1n) is 6.98. The topological polar surface area (TPSA) is 71.1 Å². The molecule has 1 atom stereocenters. The van der Waals surface area contributed by atoms with E-state index in [0.717, 1.165) is 29.4 Å². The molecule has 1 aliphatic rings. The molecule has 3 rings (SSSR count). The normalized spacial score (nSPS) is 18.8. The van der Waals surface area contributed by atoms with E-state index < -0.39 is 0 Å². The molecule has 6 heteroatoms. The smallest absolute Gasteiger partial charge is 0.182 e. The molecule has 21 heavy (non-hydrogen) atoms. The molecule has 0 radical (unpaired) electrons. The minimum Gasteiger partial charge on any atom is -0.368 e. The fourth-order valence-corrected chi connectivity index (χ4v) is 2.54. The molecule has 110 valence electrons. The molecule has 0 saturated carbocycles. The zero-order chi connectivity index (χ0) is 14.8. The van der Waals surface area contributed by atoms with Crippen LogP contribution in [0.1, 0.15) is 23.2 Å². The third kappa shape index (κ3) is 3.11. The minimum atomic E-state index is -0.151. The Morgan fingerprint density at radius 1 is 1.29 bits per heavy atom. The van der Waals surface area contributed by atoms with Crippen molar-refractivity contribution in [3.05, 3.63) is 51.8 Å². The number of anilines is 1. The summed E-state index contributed by atoms with van der Waals surface area (Å²) in [5.41, 5.74) is 2.60. The largest absolute Gasteiger partial charge is 0.368 e. The zero-order valence-electron chi connectivity index (χ0n) is 12.2. The molecule has 2 aromatic heterocycles. The Kier molecular flexibility index (Phi) is 3.70. The third-order valence-electron chi connectivity index (χ3n) is 3.52. The van der Waals surface area contributed by atoms with Gasteiger partial charge in [0.1, 0.15) is 18.2 Å². The van der Waals surface area contributed by atoms with Crippen LogP contribution in [0.5, 0.6) is 0 Å². The summed E-state index contributed by atoms with van der Waals surface area (Å²) >= 11 is 0. The van der Waals surface area contributed by atoms with E-state index >= 15 is 0 Å². The predicted octanol–water partition coefficient (Wildman–Crippen LogP) is 1.36. The van der Waals surface area contributed by atoms with E-state index in [2.05, 4.69) is 19.9 Å². The summed E-state index contributed by atoms with van der Waals surface area (Å²) in [4.78, 5) is 25.4. The van der Waals surface area contributed by atoms with Crippen LogP contribution in [-0.4, -0.2) is 34.6 Å². The Labute approximate surface area is 122 Å². The van der Waals surface area contributed by atoms with E-state index in [-0.39, 0.29) is 11.5 Å². The summed E-state index contributed by atoms with van der Waals surface area (Å²) in [6, 6.07) is 5.14. The second kappa shape index (κ2) is 5.65. The Bertz CT molecular complexity index is 698. The Hall–Kier alpha value is -2.21. The van der Waals surface area contributed by atoms with Crippen LogP contribution in [-0.2, 0) is 4.74 Å². The second-order valence-corrected chi connectivity index (χ2v) is 5.28. The summed E-state index contributed by atoms with van der Waals surface area (Å²) in [5, 5.41) is 0. The van der Waals surface area contributed by atoms with E-state index in [1.807, 2.05) is 19.9 Å². The Balaban J connectivity index is 1.84. The predicted molar refractivity (Wildman–Crippen MR) is 79.5 cm³/mol. The number of morpholine rings is 1. The highest BCUT2D eigenvalue weighted by Crippen LogP contribution is 2.23. The first kappa shape index (κ1) is 13.8. The molecule has 1 fully saturated rings. The molecule has 1 N–H and O–H groups in total. The van der Waals surface area contributed by atoms with Crippen LogP contribution in [0.3, 0.4) is 0 Å². The lowest BCUT2D eigenvalue weighted by Crippen LogP contribution is -2.39. The number of aromatic amines is 1. The summed E-state index contributed by atoms with van der Waals surface area (Å²) in [6.45, 7) is 5.86. The number of hydrogen-bond donors (Lipinski definition) is 1. The van der Waals surface area contributed by atoms with Crippen LogP contribution < -0.4 is 10.3 Å². The van der Waals surface area contributed by atoms with Gasteiger partial charge in [-0.3, -0.25) is 4.79 Å². The van der Waals surface area contributed by atoms with Gasteiger partial charge in [-0.2, -0.15) is 0 Å². The van der Waals surface area contributed by atoms with Gasteiger partial charge in [0.15, 0.2) is 5.43 Å². The number of hydrogen-bond acceptors (Lipinski definition) is 5. The molecule has 0 aromatic carbocycles. The van der Waals surface area contributed by atoms with Gasteiger partial charge in [-0.25, -0.2) is 9.97 Å². The number of pyridine rings is 1. The monoisotopic (exact) mass is 286 g/mol. The maximum Gasteiger partial charge on any atom is 0.182 e. The van der Waals surface area contributed by atoms with E-state index in [9.17, 15) is 4.79 Å². The average Bonchev–Trinajstić information content (AvgIpc) is 2.46. The first-order valence-corrected chi connectivity index (χ1v) is 6.98. The summed E-state index contributed by atoms with van der Waals surface area (Å²) in [7, 11) is 0. The highest BCUT2D eigenvalue weighted by atomic mass is 16.5. The quantitative estimate of drug-likeness (QED) is 0.902. The van der Waals surface area contributed by atoms with Crippen molar-refractivity contribution in [3.63, 3.8) is 0 Å². The van der Waals surface area contributed by atoms with Crippen molar-refractivity contribution in [1.29, 1.82) is 0 Å².